The van der Waals surface area contributed by atoms with Crippen molar-refractivity contribution < 1.29 is 0 Å². The maximum atomic E-state index is 4.60. The van der Waals surface area contributed by atoms with Gasteiger partial charge in [0.25, 0.3) is 0 Å². The molecule has 7 nitrogen and oxygen atoms in total. The summed E-state index contributed by atoms with van der Waals surface area (Å²) in [6, 6.07) is 4.59. The Hall–Kier alpha value is -2.54. The van der Waals surface area contributed by atoms with Gasteiger partial charge in [0.15, 0.2) is 0 Å². The summed E-state index contributed by atoms with van der Waals surface area (Å²) in [7, 11) is 0. The Balaban J connectivity index is 1.64. The first kappa shape index (κ1) is 13.1. The second-order valence-electron chi connectivity index (χ2n) is 5.56. The Labute approximate surface area is 127 Å². The Morgan fingerprint density at radius 2 is 2.18 bits per heavy atom. The summed E-state index contributed by atoms with van der Waals surface area (Å²) in [4.78, 5) is 15.2. The summed E-state index contributed by atoms with van der Waals surface area (Å²) in [5, 5.41) is 10.7. The fourth-order valence-electron chi connectivity index (χ4n) is 2.82. The van der Waals surface area contributed by atoms with Crippen LogP contribution >= 0.6 is 0 Å². The third-order valence-corrected chi connectivity index (χ3v) is 3.94. The molecule has 0 saturated carbocycles. The van der Waals surface area contributed by atoms with E-state index in [1.165, 1.54) is 6.33 Å². The zero-order valence-corrected chi connectivity index (χ0v) is 12.3. The van der Waals surface area contributed by atoms with Gasteiger partial charge in [0, 0.05) is 37.4 Å². The van der Waals surface area contributed by atoms with Crippen LogP contribution in [0.4, 0.5) is 5.82 Å². The summed E-state index contributed by atoms with van der Waals surface area (Å²) in [6.45, 7) is 5.14. The summed E-state index contributed by atoms with van der Waals surface area (Å²) >= 11 is 0. The highest BCUT2D eigenvalue weighted by Gasteiger charge is 2.17. The highest BCUT2D eigenvalue weighted by atomic mass is 15.2. The van der Waals surface area contributed by atoms with E-state index in [-0.39, 0.29) is 0 Å². The number of rotatable bonds is 2. The van der Waals surface area contributed by atoms with Crippen LogP contribution in [0.2, 0.25) is 0 Å². The molecule has 3 aromatic heterocycles. The van der Waals surface area contributed by atoms with Crippen LogP contribution in [0.3, 0.4) is 0 Å². The van der Waals surface area contributed by atoms with Crippen LogP contribution in [0.25, 0.3) is 22.3 Å². The molecule has 22 heavy (non-hydrogen) atoms. The minimum absolute atomic E-state index is 0.488. The fourth-order valence-corrected chi connectivity index (χ4v) is 2.82. The van der Waals surface area contributed by atoms with Gasteiger partial charge in [-0.1, -0.05) is 0 Å². The molecule has 0 unspecified atom stereocenters. The SMILES string of the molecule is C[C@@H]1CN(c2ccc(-c3n[nH]c4cncnc34)cn2)CCN1. The number of anilines is 1. The average molecular weight is 295 g/mol. The van der Waals surface area contributed by atoms with Gasteiger partial charge >= 0.3 is 0 Å². The van der Waals surface area contributed by atoms with Gasteiger partial charge in [-0.3, -0.25) is 5.10 Å². The number of aromatic amines is 1. The number of hydrogen-bond donors (Lipinski definition) is 2. The monoisotopic (exact) mass is 295 g/mol. The normalized spacial score (nSPS) is 18.8. The summed E-state index contributed by atoms with van der Waals surface area (Å²) in [5.74, 6) is 1.01. The van der Waals surface area contributed by atoms with Crippen molar-refractivity contribution in [3.63, 3.8) is 0 Å². The van der Waals surface area contributed by atoms with E-state index in [0.717, 1.165) is 47.7 Å². The first-order chi connectivity index (χ1) is 10.8. The van der Waals surface area contributed by atoms with Gasteiger partial charge in [0.1, 0.15) is 28.9 Å². The van der Waals surface area contributed by atoms with Crippen molar-refractivity contribution in [2.75, 3.05) is 24.5 Å². The van der Waals surface area contributed by atoms with Crippen LogP contribution in [0.15, 0.2) is 30.9 Å². The number of pyridine rings is 1. The van der Waals surface area contributed by atoms with Crippen LogP contribution < -0.4 is 10.2 Å². The molecule has 1 aliphatic heterocycles. The number of aromatic nitrogens is 5. The molecular weight excluding hydrogens is 278 g/mol. The van der Waals surface area contributed by atoms with Crippen molar-refractivity contribution in [1.29, 1.82) is 0 Å². The van der Waals surface area contributed by atoms with E-state index in [1.807, 2.05) is 12.3 Å². The lowest BCUT2D eigenvalue weighted by Crippen LogP contribution is -2.49. The standard InChI is InChI=1S/C15H17N7/c1-10-8-22(5-4-17-10)13-3-2-11(6-18-13)14-15-12(20-21-14)7-16-9-19-15/h2-3,6-7,9-10,17H,4-5,8H2,1H3,(H,20,21)/t10-/m1/s1. The van der Waals surface area contributed by atoms with Crippen LogP contribution in [-0.2, 0) is 0 Å². The van der Waals surface area contributed by atoms with E-state index in [2.05, 4.69) is 48.4 Å². The molecule has 0 aromatic carbocycles. The predicted octanol–water partition coefficient (Wildman–Crippen LogP) is 1.21. The van der Waals surface area contributed by atoms with Crippen molar-refractivity contribution in [3.05, 3.63) is 30.9 Å². The highest BCUT2D eigenvalue weighted by molar-refractivity contribution is 5.88. The average Bonchev–Trinajstić information content (AvgIpc) is 2.99. The zero-order valence-electron chi connectivity index (χ0n) is 12.3. The molecule has 0 amide bonds. The lowest BCUT2D eigenvalue weighted by atomic mass is 10.2. The largest absolute Gasteiger partial charge is 0.354 e. The molecular formula is C15H17N7. The van der Waals surface area contributed by atoms with E-state index in [9.17, 15) is 0 Å². The van der Waals surface area contributed by atoms with Gasteiger partial charge < -0.3 is 10.2 Å². The maximum Gasteiger partial charge on any atom is 0.128 e. The zero-order chi connectivity index (χ0) is 14.9. The van der Waals surface area contributed by atoms with Crippen molar-refractivity contribution >= 4 is 16.9 Å². The van der Waals surface area contributed by atoms with E-state index < -0.39 is 0 Å². The third kappa shape index (κ3) is 2.29. The van der Waals surface area contributed by atoms with E-state index >= 15 is 0 Å². The molecule has 1 atom stereocenters. The molecule has 1 fully saturated rings. The first-order valence-electron chi connectivity index (χ1n) is 7.40. The molecule has 0 spiro atoms. The van der Waals surface area contributed by atoms with E-state index in [4.69, 9.17) is 0 Å². The molecule has 7 heteroatoms. The molecule has 3 aromatic rings. The fraction of sp³-hybridized carbons (Fsp3) is 0.333. The Morgan fingerprint density at radius 3 is 3.00 bits per heavy atom. The van der Waals surface area contributed by atoms with E-state index in [0.29, 0.717) is 6.04 Å². The van der Waals surface area contributed by atoms with Gasteiger partial charge in [0.05, 0.1) is 6.20 Å². The number of nitrogens with zero attached hydrogens (tertiary/aromatic N) is 5. The molecule has 4 heterocycles. The van der Waals surface area contributed by atoms with Crippen LogP contribution in [0, 0.1) is 0 Å². The van der Waals surface area contributed by atoms with Gasteiger partial charge in [-0.15, -0.1) is 0 Å². The van der Waals surface area contributed by atoms with Crippen molar-refractivity contribution in [3.8, 4) is 11.3 Å². The second kappa shape index (κ2) is 5.34. The van der Waals surface area contributed by atoms with Gasteiger partial charge in [0.2, 0.25) is 0 Å². The molecule has 4 rings (SSSR count). The summed E-state index contributed by atoms with van der Waals surface area (Å²) in [5.41, 5.74) is 3.42. The molecule has 1 saturated heterocycles. The van der Waals surface area contributed by atoms with Gasteiger partial charge in [-0.05, 0) is 19.1 Å². The lowest BCUT2D eigenvalue weighted by Gasteiger charge is -2.32. The van der Waals surface area contributed by atoms with Crippen LogP contribution in [0.5, 0.6) is 0 Å². The smallest absolute Gasteiger partial charge is 0.128 e. The molecule has 0 bridgehead atoms. The number of piperazine rings is 1. The van der Waals surface area contributed by atoms with Crippen molar-refractivity contribution in [2.24, 2.45) is 0 Å². The molecule has 2 N–H and O–H groups in total. The van der Waals surface area contributed by atoms with Crippen LogP contribution in [0.1, 0.15) is 6.92 Å². The van der Waals surface area contributed by atoms with Gasteiger partial charge in [-0.25, -0.2) is 15.0 Å². The number of H-pyrrole nitrogens is 1. The maximum absolute atomic E-state index is 4.60. The third-order valence-electron chi connectivity index (χ3n) is 3.94. The van der Waals surface area contributed by atoms with E-state index in [1.54, 1.807) is 6.20 Å². The van der Waals surface area contributed by atoms with Gasteiger partial charge in [-0.2, -0.15) is 5.10 Å². The quantitative estimate of drug-likeness (QED) is 0.739. The number of hydrogen-bond acceptors (Lipinski definition) is 6. The first-order valence-corrected chi connectivity index (χ1v) is 7.40. The topological polar surface area (TPSA) is 82.6 Å². The Kier molecular flexibility index (Phi) is 3.19. The minimum atomic E-state index is 0.488. The Morgan fingerprint density at radius 1 is 1.23 bits per heavy atom. The van der Waals surface area contributed by atoms with Crippen molar-refractivity contribution in [1.82, 2.24) is 30.5 Å². The number of fused-ring (bicyclic) bond motifs is 1. The Bertz CT molecular complexity index is 780. The van der Waals surface area contributed by atoms with Crippen LogP contribution in [-0.4, -0.2) is 50.8 Å². The lowest BCUT2D eigenvalue weighted by molar-refractivity contribution is 0.482. The summed E-state index contributed by atoms with van der Waals surface area (Å²) < 4.78 is 0. The summed E-state index contributed by atoms with van der Waals surface area (Å²) in [6.07, 6.45) is 5.12. The number of nitrogens with one attached hydrogen (secondary N) is 2. The van der Waals surface area contributed by atoms with Crippen molar-refractivity contribution in [2.45, 2.75) is 13.0 Å². The minimum Gasteiger partial charge on any atom is -0.354 e. The predicted molar refractivity (Wildman–Crippen MR) is 84.6 cm³/mol. The highest BCUT2D eigenvalue weighted by Crippen LogP contribution is 2.24. The molecule has 0 radical (unpaired) electrons. The second-order valence-corrected chi connectivity index (χ2v) is 5.56. The molecule has 1 aliphatic rings. The molecule has 112 valence electrons. The molecule has 0 aliphatic carbocycles.